The van der Waals surface area contributed by atoms with E-state index in [0.29, 0.717) is 6.42 Å². The van der Waals surface area contributed by atoms with Crippen molar-refractivity contribution in [1.29, 1.82) is 0 Å². The van der Waals surface area contributed by atoms with Crippen molar-refractivity contribution >= 4 is 6.09 Å². The van der Waals surface area contributed by atoms with Gasteiger partial charge in [-0.2, -0.15) is 0 Å². The molecule has 24 heavy (non-hydrogen) atoms. The molecule has 1 heterocycles. The molecule has 1 aliphatic carbocycles. The van der Waals surface area contributed by atoms with Crippen LogP contribution in [0.25, 0.3) is 0 Å². The molecular formula is C19H28N2O3. The number of benzene rings is 1. The molecule has 1 aliphatic heterocycles. The van der Waals surface area contributed by atoms with Gasteiger partial charge in [-0.25, -0.2) is 4.79 Å². The van der Waals surface area contributed by atoms with Gasteiger partial charge in [-0.15, -0.1) is 0 Å². The second-order valence-electron chi connectivity index (χ2n) is 7.94. The summed E-state index contributed by atoms with van der Waals surface area (Å²) in [4.78, 5) is 14.3. The summed E-state index contributed by atoms with van der Waals surface area (Å²) in [7, 11) is 0. The Labute approximate surface area is 144 Å². The normalized spacial score (nSPS) is 27.6. The summed E-state index contributed by atoms with van der Waals surface area (Å²) in [6.07, 6.45) is 1.56. The third kappa shape index (κ3) is 4.08. The molecular weight excluding hydrogens is 304 g/mol. The Morgan fingerprint density at radius 2 is 1.96 bits per heavy atom. The number of alkyl carbamates (subject to hydrolysis) is 1. The van der Waals surface area contributed by atoms with E-state index in [4.69, 9.17) is 4.74 Å². The lowest BCUT2D eigenvalue weighted by Crippen LogP contribution is -2.43. The zero-order valence-electron chi connectivity index (χ0n) is 14.8. The number of aliphatic hydroxyl groups excluding tert-OH is 1. The van der Waals surface area contributed by atoms with Crippen molar-refractivity contribution in [3.8, 4) is 0 Å². The predicted molar refractivity (Wildman–Crippen MR) is 92.7 cm³/mol. The summed E-state index contributed by atoms with van der Waals surface area (Å²) >= 11 is 0. The summed E-state index contributed by atoms with van der Waals surface area (Å²) in [6.45, 7) is 7.38. The number of aliphatic hydroxyl groups is 1. The highest BCUT2D eigenvalue weighted by Crippen LogP contribution is 2.29. The molecule has 5 nitrogen and oxygen atoms in total. The van der Waals surface area contributed by atoms with Crippen LogP contribution in [0.3, 0.4) is 0 Å². The Morgan fingerprint density at radius 1 is 1.25 bits per heavy atom. The number of ether oxygens (including phenoxy) is 1. The van der Waals surface area contributed by atoms with Gasteiger partial charge in [0.2, 0.25) is 0 Å². The molecule has 0 spiro atoms. The standard InChI is InChI=1S/C19H28N2O3/c1-19(2,3)24-18(23)20-15-10-16(17(22)11-15)21-9-8-13-6-4-5-7-14(13)12-21/h4-7,15-17,22H,8-12H2,1-3H3,(H,20,23)/t15-,16?,17-/m1/s1. The molecule has 3 atom stereocenters. The van der Waals surface area contributed by atoms with Crippen molar-refractivity contribution in [3.63, 3.8) is 0 Å². The lowest BCUT2D eigenvalue weighted by Gasteiger charge is -2.35. The minimum absolute atomic E-state index is 0.0305. The number of fused-ring (bicyclic) bond motifs is 1. The molecule has 1 unspecified atom stereocenters. The summed E-state index contributed by atoms with van der Waals surface area (Å²) in [5.74, 6) is 0. The zero-order chi connectivity index (χ0) is 17.3. The first kappa shape index (κ1) is 17.2. The van der Waals surface area contributed by atoms with Gasteiger partial charge in [-0.3, -0.25) is 4.90 Å². The van der Waals surface area contributed by atoms with Gasteiger partial charge >= 0.3 is 6.09 Å². The number of amides is 1. The molecule has 1 fully saturated rings. The summed E-state index contributed by atoms with van der Waals surface area (Å²) in [6, 6.07) is 8.57. The van der Waals surface area contributed by atoms with Crippen LogP contribution >= 0.6 is 0 Å². The highest BCUT2D eigenvalue weighted by molar-refractivity contribution is 5.68. The van der Waals surface area contributed by atoms with E-state index in [1.54, 1.807) is 0 Å². The fourth-order valence-electron chi connectivity index (χ4n) is 3.78. The molecule has 2 aliphatic rings. The third-order valence-electron chi connectivity index (χ3n) is 4.85. The van der Waals surface area contributed by atoms with Gasteiger partial charge in [-0.1, -0.05) is 24.3 Å². The molecule has 0 aromatic heterocycles. The van der Waals surface area contributed by atoms with Crippen LogP contribution in [0.2, 0.25) is 0 Å². The Kier molecular flexibility index (Phi) is 4.83. The molecule has 1 amide bonds. The second-order valence-corrected chi connectivity index (χ2v) is 7.94. The summed E-state index contributed by atoms with van der Waals surface area (Å²) < 4.78 is 5.32. The molecule has 5 heteroatoms. The average Bonchev–Trinajstić information content (AvgIpc) is 2.85. The number of carbonyl (C=O) groups excluding carboxylic acids is 1. The lowest BCUT2D eigenvalue weighted by atomic mass is 9.98. The van der Waals surface area contributed by atoms with E-state index in [1.807, 2.05) is 20.8 Å². The molecule has 1 saturated carbocycles. The third-order valence-corrected chi connectivity index (χ3v) is 4.85. The van der Waals surface area contributed by atoms with E-state index >= 15 is 0 Å². The fraction of sp³-hybridized carbons (Fsp3) is 0.632. The van der Waals surface area contributed by atoms with Crippen molar-refractivity contribution in [2.75, 3.05) is 6.54 Å². The van der Waals surface area contributed by atoms with Gasteiger partial charge in [0.05, 0.1) is 6.10 Å². The smallest absolute Gasteiger partial charge is 0.407 e. The highest BCUT2D eigenvalue weighted by Gasteiger charge is 2.38. The summed E-state index contributed by atoms with van der Waals surface area (Å²) in [5, 5.41) is 13.4. The van der Waals surface area contributed by atoms with Gasteiger partial charge in [-0.05, 0) is 51.2 Å². The van der Waals surface area contributed by atoms with E-state index in [1.165, 1.54) is 11.1 Å². The van der Waals surface area contributed by atoms with E-state index < -0.39 is 17.8 Å². The molecule has 1 aromatic carbocycles. The van der Waals surface area contributed by atoms with E-state index in [-0.39, 0.29) is 12.1 Å². The largest absolute Gasteiger partial charge is 0.444 e. The van der Waals surface area contributed by atoms with Gasteiger partial charge in [0.15, 0.2) is 0 Å². The van der Waals surface area contributed by atoms with Crippen molar-refractivity contribution in [3.05, 3.63) is 35.4 Å². The van der Waals surface area contributed by atoms with Crippen LogP contribution in [0.5, 0.6) is 0 Å². The van der Waals surface area contributed by atoms with Crippen LogP contribution in [0.4, 0.5) is 4.79 Å². The Morgan fingerprint density at radius 3 is 2.67 bits per heavy atom. The minimum atomic E-state index is -0.503. The average molecular weight is 332 g/mol. The maximum atomic E-state index is 11.9. The van der Waals surface area contributed by atoms with Gasteiger partial charge in [0, 0.05) is 25.2 Å². The van der Waals surface area contributed by atoms with Crippen molar-refractivity contribution in [2.45, 2.75) is 70.4 Å². The first-order valence-electron chi connectivity index (χ1n) is 8.80. The monoisotopic (exact) mass is 332 g/mol. The number of rotatable bonds is 2. The van der Waals surface area contributed by atoms with Gasteiger partial charge in [0.25, 0.3) is 0 Å². The molecule has 0 radical (unpaired) electrons. The first-order chi connectivity index (χ1) is 11.3. The maximum Gasteiger partial charge on any atom is 0.407 e. The van der Waals surface area contributed by atoms with Crippen LogP contribution in [0.1, 0.15) is 44.7 Å². The highest BCUT2D eigenvalue weighted by atomic mass is 16.6. The number of hydrogen-bond acceptors (Lipinski definition) is 4. The molecule has 132 valence electrons. The summed E-state index contributed by atoms with van der Waals surface area (Å²) in [5.41, 5.74) is 2.25. The van der Waals surface area contributed by atoms with Gasteiger partial charge in [0.1, 0.15) is 5.60 Å². The van der Waals surface area contributed by atoms with E-state index in [2.05, 4.69) is 34.5 Å². The van der Waals surface area contributed by atoms with Crippen molar-refractivity contribution in [2.24, 2.45) is 0 Å². The number of nitrogens with zero attached hydrogens (tertiary/aromatic N) is 1. The SMILES string of the molecule is CC(C)(C)OC(=O)N[C@@H]1CC(N2CCc3ccccc3C2)[C@H](O)C1. The van der Waals surface area contributed by atoms with E-state index in [0.717, 1.165) is 25.9 Å². The van der Waals surface area contributed by atoms with Crippen LogP contribution in [0, 0.1) is 0 Å². The van der Waals surface area contributed by atoms with Crippen LogP contribution in [-0.4, -0.2) is 46.4 Å². The van der Waals surface area contributed by atoms with Crippen LogP contribution in [0.15, 0.2) is 24.3 Å². The maximum absolute atomic E-state index is 11.9. The second kappa shape index (κ2) is 6.73. The van der Waals surface area contributed by atoms with Crippen molar-refractivity contribution in [1.82, 2.24) is 10.2 Å². The Hall–Kier alpha value is -1.59. The predicted octanol–water partition coefficient (Wildman–Crippen LogP) is 2.46. The van der Waals surface area contributed by atoms with E-state index in [9.17, 15) is 9.90 Å². The van der Waals surface area contributed by atoms with Crippen LogP contribution in [-0.2, 0) is 17.7 Å². The molecule has 0 bridgehead atoms. The molecule has 0 saturated heterocycles. The topological polar surface area (TPSA) is 61.8 Å². The lowest BCUT2D eigenvalue weighted by molar-refractivity contribution is 0.0502. The first-order valence-corrected chi connectivity index (χ1v) is 8.80. The zero-order valence-corrected chi connectivity index (χ0v) is 14.8. The number of carbonyl (C=O) groups is 1. The van der Waals surface area contributed by atoms with Gasteiger partial charge < -0.3 is 15.2 Å². The number of hydrogen-bond donors (Lipinski definition) is 2. The molecule has 3 rings (SSSR count). The molecule has 1 aromatic rings. The van der Waals surface area contributed by atoms with Crippen LogP contribution < -0.4 is 5.32 Å². The molecule has 2 N–H and O–H groups in total. The number of nitrogens with one attached hydrogen (secondary N) is 1. The Bertz CT molecular complexity index is 597. The fourth-order valence-corrected chi connectivity index (χ4v) is 3.78. The quantitative estimate of drug-likeness (QED) is 0.873. The van der Waals surface area contributed by atoms with Crippen molar-refractivity contribution < 1.29 is 14.6 Å². The Balaban J connectivity index is 1.58. The minimum Gasteiger partial charge on any atom is -0.444 e.